The molecule has 0 aliphatic rings. The van der Waals surface area contributed by atoms with E-state index in [0.29, 0.717) is 98.5 Å². The summed E-state index contributed by atoms with van der Waals surface area (Å²) >= 11 is 0. The Bertz CT molecular complexity index is 457. The van der Waals surface area contributed by atoms with Crippen LogP contribution in [-0.2, 0) is 28.6 Å². The maximum atomic E-state index is 11.6. The van der Waals surface area contributed by atoms with Gasteiger partial charge in [-0.25, -0.2) is 0 Å². The number of hydrogen-bond acceptors (Lipinski definition) is 10. The Kier molecular flexibility index (Phi) is 22.9. The number of rotatable bonds is 24. The first-order valence-corrected chi connectivity index (χ1v) is 11.9. The zero-order valence-electron chi connectivity index (χ0n) is 20.4. The van der Waals surface area contributed by atoms with E-state index in [1.807, 2.05) is 0 Å². The van der Waals surface area contributed by atoms with Gasteiger partial charge < -0.3 is 47.4 Å². The van der Waals surface area contributed by atoms with Crippen molar-refractivity contribution in [2.75, 3.05) is 98.5 Å². The molecule has 0 radical (unpaired) electrons. The highest BCUT2D eigenvalue weighted by Gasteiger charge is 2.08. The molecule has 200 valence electrons. The van der Waals surface area contributed by atoms with Crippen molar-refractivity contribution in [3.63, 3.8) is 0 Å². The van der Waals surface area contributed by atoms with E-state index in [4.69, 9.17) is 31.4 Å². The second-order valence-electron chi connectivity index (χ2n) is 7.34. The lowest BCUT2D eigenvalue weighted by Crippen LogP contribution is -2.35. The molecule has 0 aliphatic heterocycles. The van der Waals surface area contributed by atoms with Gasteiger partial charge in [0.2, 0.25) is 17.7 Å². The molecule has 0 unspecified atom stereocenters. The molecule has 13 heteroatoms. The van der Waals surface area contributed by atoms with Crippen LogP contribution in [0.1, 0.15) is 19.3 Å². The Morgan fingerprint density at radius 2 is 0.824 bits per heavy atom. The third-order valence-corrected chi connectivity index (χ3v) is 4.48. The SMILES string of the molecule is NCCNC(=O)CCOCCN(CCOCCC(=O)NCCN)CCOCCC(=O)NCCN. The molecule has 9 N–H and O–H groups in total. The number of nitrogens with zero attached hydrogens (tertiary/aromatic N) is 1. The predicted octanol–water partition coefficient (Wildman–Crippen LogP) is -3.27. The molecule has 0 spiro atoms. The first-order chi connectivity index (χ1) is 16.5. The fourth-order valence-corrected chi connectivity index (χ4v) is 2.62. The van der Waals surface area contributed by atoms with Crippen LogP contribution in [0.4, 0.5) is 0 Å². The first kappa shape index (κ1) is 32.1. The van der Waals surface area contributed by atoms with E-state index in [-0.39, 0.29) is 37.0 Å². The van der Waals surface area contributed by atoms with Gasteiger partial charge in [0.25, 0.3) is 0 Å². The van der Waals surface area contributed by atoms with Crippen LogP contribution < -0.4 is 33.2 Å². The third kappa shape index (κ3) is 21.9. The van der Waals surface area contributed by atoms with Crippen LogP contribution in [0.25, 0.3) is 0 Å². The molecule has 0 aliphatic carbocycles. The molecule has 0 saturated carbocycles. The Hall–Kier alpha value is -1.87. The van der Waals surface area contributed by atoms with E-state index in [1.54, 1.807) is 0 Å². The fourth-order valence-electron chi connectivity index (χ4n) is 2.62. The molecule has 0 bridgehead atoms. The molecule has 3 amide bonds. The lowest BCUT2D eigenvalue weighted by atomic mass is 10.4. The summed E-state index contributed by atoms with van der Waals surface area (Å²) in [5.74, 6) is -0.264. The minimum Gasteiger partial charge on any atom is -0.380 e. The van der Waals surface area contributed by atoms with Gasteiger partial charge in [0.15, 0.2) is 0 Å². The molecular weight excluding hydrogens is 446 g/mol. The van der Waals surface area contributed by atoms with Gasteiger partial charge in [-0.05, 0) is 0 Å². The minimum atomic E-state index is -0.0879. The van der Waals surface area contributed by atoms with Gasteiger partial charge in [0.05, 0.1) is 39.6 Å². The van der Waals surface area contributed by atoms with Crippen molar-refractivity contribution in [2.45, 2.75) is 19.3 Å². The molecule has 0 aromatic rings. The smallest absolute Gasteiger partial charge is 0.222 e. The number of ether oxygens (including phenoxy) is 3. The van der Waals surface area contributed by atoms with Crippen LogP contribution in [0.2, 0.25) is 0 Å². The Morgan fingerprint density at radius 3 is 1.09 bits per heavy atom. The van der Waals surface area contributed by atoms with Crippen molar-refractivity contribution >= 4 is 17.7 Å². The second kappa shape index (κ2) is 24.3. The first-order valence-electron chi connectivity index (χ1n) is 11.9. The topological polar surface area (TPSA) is 196 Å². The lowest BCUT2D eigenvalue weighted by Gasteiger charge is -2.22. The summed E-state index contributed by atoms with van der Waals surface area (Å²) in [5.41, 5.74) is 16.1. The number of amides is 3. The largest absolute Gasteiger partial charge is 0.380 e. The van der Waals surface area contributed by atoms with E-state index < -0.39 is 0 Å². The monoisotopic (exact) mass is 491 g/mol. The number of nitrogens with two attached hydrogens (primary N) is 3. The maximum absolute atomic E-state index is 11.6. The van der Waals surface area contributed by atoms with E-state index in [0.717, 1.165) is 0 Å². The highest BCUT2D eigenvalue weighted by molar-refractivity contribution is 5.76. The van der Waals surface area contributed by atoms with Gasteiger partial charge in [-0.1, -0.05) is 0 Å². The number of carbonyl (C=O) groups excluding carboxylic acids is 3. The fraction of sp³-hybridized carbons (Fsp3) is 0.857. The summed E-state index contributed by atoms with van der Waals surface area (Å²) in [4.78, 5) is 36.8. The number of hydrogen-bond donors (Lipinski definition) is 6. The highest BCUT2D eigenvalue weighted by Crippen LogP contribution is 1.94. The second-order valence-corrected chi connectivity index (χ2v) is 7.34. The molecular formula is C21H45N7O6. The van der Waals surface area contributed by atoms with Crippen LogP contribution in [0.15, 0.2) is 0 Å². The lowest BCUT2D eigenvalue weighted by molar-refractivity contribution is -0.122. The van der Waals surface area contributed by atoms with Gasteiger partial charge in [-0.3, -0.25) is 19.3 Å². The van der Waals surface area contributed by atoms with E-state index in [2.05, 4.69) is 20.9 Å². The molecule has 0 atom stereocenters. The van der Waals surface area contributed by atoms with Crippen molar-refractivity contribution in [3.8, 4) is 0 Å². The van der Waals surface area contributed by atoms with Crippen molar-refractivity contribution in [3.05, 3.63) is 0 Å². The maximum Gasteiger partial charge on any atom is 0.222 e. The summed E-state index contributed by atoms with van der Waals surface area (Å²) < 4.78 is 16.7. The normalized spacial score (nSPS) is 10.9. The van der Waals surface area contributed by atoms with E-state index in [9.17, 15) is 14.4 Å². The van der Waals surface area contributed by atoms with Gasteiger partial charge in [-0.15, -0.1) is 0 Å². The van der Waals surface area contributed by atoms with Crippen molar-refractivity contribution in [2.24, 2.45) is 17.2 Å². The highest BCUT2D eigenvalue weighted by atomic mass is 16.5. The summed E-state index contributed by atoms with van der Waals surface area (Å²) in [6, 6.07) is 0. The van der Waals surface area contributed by atoms with Gasteiger partial charge in [-0.2, -0.15) is 0 Å². The Labute approximate surface area is 202 Å². The average Bonchev–Trinajstić information content (AvgIpc) is 2.83. The quantitative estimate of drug-likeness (QED) is 0.0745. The molecule has 13 nitrogen and oxygen atoms in total. The van der Waals surface area contributed by atoms with E-state index in [1.165, 1.54) is 0 Å². The van der Waals surface area contributed by atoms with Crippen molar-refractivity contribution in [1.82, 2.24) is 20.9 Å². The zero-order chi connectivity index (χ0) is 25.3. The molecule has 0 fully saturated rings. The van der Waals surface area contributed by atoms with Crippen molar-refractivity contribution in [1.29, 1.82) is 0 Å². The van der Waals surface area contributed by atoms with Crippen molar-refractivity contribution < 1.29 is 28.6 Å². The van der Waals surface area contributed by atoms with Crippen LogP contribution in [0.3, 0.4) is 0 Å². The van der Waals surface area contributed by atoms with E-state index >= 15 is 0 Å². The van der Waals surface area contributed by atoms with Crippen LogP contribution >= 0.6 is 0 Å². The molecule has 0 saturated heterocycles. The van der Waals surface area contributed by atoms with Gasteiger partial charge in [0.1, 0.15) is 0 Å². The van der Waals surface area contributed by atoms with Crippen LogP contribution in [0, 0.1) is 0 Å². The Morgan fingerprint density at radius 1 is 0.529 bits per heavy atom. The molecule has 0 aromatic heterocycles. The Balaban J connectivity index is 4.14. The molecule has 0 heterocycles. The molecule has 0 rings (SSSR count). The van der Waals surface area contributed by atoms with Gasteiger partial charge in [0, 0.05) is 78.2 Å². The van der Waals surface area contributed by atoms with Crippen LogP contribution in [0.5, 0.6) is 0 Å². The zero-order valence-corrected chi connectivity index (χ0v) is 20.4. The summed E-state index contributed by atoms with van der Waals surface area (Å²) in [5, 5.41) is 8.08. The molecule has 0 aromatic carbocycles. The summed E-state index contributed by atoms with van der Waals surface area (Å²) in [6.45, 7) is 6.80. The minimum absolute atomic E-state index is 0.0879. The standard InChI is InChI=1S/C21H45N7O6/c22-4-7-25-19(29)1-13-32-16-10-28(11-17-33-14-2-20(30)26-8-5-23)12-18-34-15-3-21(31)27-9-6-24/h1-18,22-24H2,(H,25,29)(H,26,30)(H,27,31). The van der Waals surface area contributed by atoms with Crippen LogP contribution in [-0.4, -0.2) is 121 Å². The predicted molar refractivity (Wildman–Crippen MR) is 129 cm³/mol. The summed E-state index contributed by atoms with van der Waals surface area (Å²) in [6.07, 6.45) is 0.847. The van der Waals surface area contributed by atoms with Gasteiger partial charge >= 0.3 is 0 Å². The summed E-state index contributed by atoms with van der Waals surface area (Å²) in [7, 11) is 0. The number of carbonyl (C=O) groups is 3. The average molecular weight is 492 g/mol. The third-order valence-electron chi connectivity index (χ3n) is 4.48. The number of nitrogens with one attached hydrogen (secondary N) is 3. The molecule has 34 heavy (non-hydrogen) atoms.